The third kappa shape index (κ3) is 5.03. The number of benzene rings is 1. The topological polar surface area (TPSA) is 66.9 Å². The van der Waals surface area contributed by atoms with Crippen molar-refractivity contribution in [2.45, 2.75) is 44.6 Å². The first kappa shape index (κ1) is 16.9. The van der Waals surface area contributed by atoms with Crippen molar-refractivity contribution in [3.63, 3.8) is 0 Å². The molecule has 1 saturated carbocycles. The first-order valence-corrected chi connectivity index (χ1v) is 9.13. The molecule has 1 aromatic carbocycles. The summed E-state index contributed by atoms with van der Waals surface area (Å²) in [6, 6.07) is 11.8. The number of carbonyl (C=O) groups excluding carboxylic acids is 1. The standard InChI is InChI=1S/C18H21BrN4O/c19-14-8-6-13(7-9-14)12-18(24)21-17-11-10-16(22-23-17)20-15-4-2-1-3-5-15/h6-11,15H,1-5,12H2,(H,20,22)(H,21,23,24). The predicted octanol–water partition coefficient (Wildman–Crippen LogP) is 4.16. The second-order valence-corrected chi connectivity index (χ2v) is 7.05. The molecule has 1 heterocycles. The summed E-state index contributed by atoms with van der Waals surface area (Å²) in [6.45, 7) is 0. The number of nitrogens with one attached hydrogen (secondary N) is 2. The smallest absolute Gasteiger partial charge is 0.229 e. The minimum absolute atomic E-state index is 0.0976. The molecule has 0 unspecified atom stereocenters. The maximum absolute atomic E-state index is 12.1. The molecule has 1 aliphatic carbocycles. The van der Waals surface area contributed by atoms with Gasteiger partial charge < -0.3 is 10.6 Å². The van der Waals surface area contributed by atoms with Gasteiger partial charge in [0, 0.05) is 10.5 Å². The summed E-state index contributed by atoms with van der Waals surface area (Å²) < 4.78 is 0.999. The Morgan fingerprint density at radius 1 is 1.00 bits per heavy atom. The fraction of sp³-hybridized carbons (Fsp3) is 0.389. The van der Waals surface area contributed by atoms with Crippen molar-refractivity contribution >= 4 is 33.5 Å². The normalized spacial score (nSPS) is 15.0. The highest BCUT2D eigenvalue weighted by atomic mass is 79.9. The fourth-order valence-corrected chi connectivity index (χ4v) is 3.17. The van der Waals surface area contributed by atoms with Gasteiger partial charge in [-0.15, -0.1) is 10.2 Å². The molecule has 0 bridgehead atoms. The zero-order valence-electron chi connectivity index (χ0n) is 13.5. The van der Waals surface area contributed by atoms with E-state index in [0.717, 1.165) is 15.9 Å². The molecule has 0 saturated heterocycles. The highest BCUT2D eigenvalue weighted by Crippen LogP contribution is 2.20. The van der Waals surface area contributed by atoms with E-state index in [1.807, 2.05) is 30.3 Å². The zero-order valence-corrected chi connectivity index (χ0v) is 15.1. The van der Waals surface area contributed by atoms with Crippen LogP contribution < -0.4 is 10.6 Å². The number of hydrogen-bond donors (Lipinski definition) is 2. The van der Waals surface area contributed by atoms with E-state index in [1.54, 1.807) is 6.07 Å². The van der Waals surface area contributed by atoms with Gasteiger partial charge in [-0.1, -0.05) is 47.3 Å². The Morgan fingerprint density at radius 3 is 2.33 bits per heavy atom. The van der Waals surface area contributed by atoms with Crippen LogP contribution in [0.2, 0.25) is 0 Å². The Hall–Kier alpha value is -1.95. The van der Waals surface area contributed by atoms with Crippen molar-refractivity contribution in [1.29, 1.82) is 0 Å². The molecule has 1 aromatic heterocycles. The van der Waals surface area contributed by atoms with Crippen LogP contribution >= 0.6 is 15.9 Å². The Kier molecular flexibility index (Phi) is 5.80. The Morgan fingerprint density at radius 2 is 1.67 bits per heavy atom. The molecule has 0 radical (unpaired) electrons. The van der Waals surface area contributed by atoms with E-state index in [-0.39, 0.29) is 5.91 Å². The number of carbonyl (C=O) groups is 1. The molecular weight excluding hydrogens is 368 g/mol. The molecule has 0 spiro atoms. The lowest BCUT2D eigenvalue weighted by Crippen LogP contribution is -2.23. The fourth-order valence-electron chi connectivity index (χ4n) is 2.91. The molecule has 24 heavy (non-hydrogen) atoms. The summed E-state index contributed by atoms with van der Waals surface area (Å²) >= 11 is 3.38. The van der Waals surface area contributed by atoms with Gasteiger partial charge in [-0.25, -0.2) is 0 Å². The molecule has 1 fully saturated rings. The predicted molar refractivity (Wildman–Crippen MR) is 99.0 cm³/mol. The Bertz CT molecular complexity index is 666. The van der Waals surface area contributed by atoms with Gasteiger partial charge in [0.15, 0.2) is 5.82 Å². The summed E-state index contributed by atoms with van der Waals surface area (Å²) in [7, 11) is 0. The first-order chi connectivity index (χ1) is 11.7. The highest BCUT2D eigenvalue weighted by Gasteiger charge is 2.13. The van der Waals surface area contributed by atoms with Gasteiger partial charge in [-0.3, -0.25) is 4.79 Å². The second kappa shape index (κ2) is 8.24. The summed E-state index contributed by atoms with van der Waals surface area (Å²) in [4.78, 5) is 12.1. The van der Waals surface area contributed by atoms with E-state index in [4.69, 9.17) is 0 Å². The number of halogens is 1. The van der Waals surface area contributed by atoms with Crippen LogP contribution in [0.25, 0.3) is 0 Å². The molecule has 5 nitrogen and oxygen atoms in total. The second-order valence-electron chi connectivity index (χ2n) is 6.13. The largest absolute Gasteiger partial charge is 0.366 e. The lowest BCUT2D eigenvalue weighted by molar-refractivity contribution is -0.115. The lowest BCUT2D eigenvalue weighted by atomic mass is 9.95. The molecule has 0 atom stereocenters. The molecule has 3 rings (SSSR count). The van der Waals surface area contributed by atoms with Crippen molar-refractivity contribution < 1.29 is 4.79 Å². The summed E-state index contributed by atoms with van der Waals surface area (Å²) in [5, 5.41) is 14.4. The maximum Gasteiger partial charge on any atom is 0.229 e. The van der Waals surface area contributed by atoms with Gasteiger partial charge >= 0.3 is 0 Å². The van der Waals surface area contributed by atoms with E-state index >= 15 is 0 Å². The van der Waals surface area contributed by atoms with Crippen LogP contribution in [-0.4, -0.2) is 22.1 Å². The average molecular weight is 389 g/mol. The quantitative estimate of drug-likeness (QED) is 0.806. The molecule has 2 aromatic rings. The lowest BCUT2D eigenvalue weighted by Gasteiger charge is -2.22. The zero-order chi connectivity index (χ0) is 16.8. The SMILES string of the molecule is O=C(Cc1ccc(Br)cc1)Nc1ccc(NC2CCCCC2)nn1. The van der Waals surface area contributed by atoms with E-state index in [2.05, 4.69) is 36.8 Å². The van der Waals surface area contributed by atoms with Gasteiger partial charge in [0.1, 0.15) is 5.82 Å². The van der Waals surface area contributed by atoms with Crippen LogP contribution in [-0.2, 0) is 11.2 Å². The Balaban J connectivity index is 1.51. The molecule has 0 aliphatic heterocycles. The third-order valence-corrected chi connectivity index (χ3v) is 4.70. The van der Waals surface area contributed by atoms with Gasteiger partial charge in [0.05, 0.1) is 6.42 Å². The van der Waals surface area contributed by atoms with Crippen LogP contribution in [0.5, 0.6) is 0 Å². The van der Waals surface area contributed by atoms with Crippen LogP contribution in [0.3, 0.4) is 0 Å². The van der Waals surface area contributed by atoms with Gasteiger partial charge in [0.25, 0.3) is 0 Å². The summed E-state index contributed by atoms with van der Waals surface area (Å²) in [5.41, 5.74) is 0.958. The molecule has 1 aliphatic rings. The molecule has 6 heteroatoms. The Labute approximate surface area is 150 Å². The minimum atomic E-state index is -0.0976. The van der Waals surface area contributed by atoms with E-state index < -0.39 is 0 Å². The van der Waals surface area contributed by atoms with Gasteiger partial charge in [-0.2, -0.15) is 0 Å². The van der Waals surface area contributed by atoms with E-state index in [9.17, 15) is 4.79 Å². The first-order valence-electron chi connectivity index (χ1n) is 8.33. The minimum Gasteiger partial charge on any atom is -0.366 e. The van der Waals surface area contributed by atoms with Crippen LogP contribution in [0.15, 0.2) is 40.9 Å². The van der Waals surface area contributed by atoms with Crippen molar-refractivity contribution in [3.05, 3.63) is 46.4 Å². The monoisotopic (exact) mass is 388 g/mol. The van der Waals surface area contributed by atoms with E-state index in [1.165, 1.54) is 32.1 Å². The van der Waals surface area contributed by atoms with E-state index in [0.29, 0.717) is 18.3 Å². The van der Waals surface area contributed by atoms with Gasteiger partial charge in [-0.05, 0) is 42.7 Å². The average Bonchev–Trinajstić information content (AvgIpc) is 2.60. The summed E-state index contributed by atoms with van der Waals surface area (Å²) in [6.07, 6.45) is 6.57. The van der Waals surface area contributed by atoms with Crippen molar-refractivity contribution in [2.24, 2.45) is 0 Å². The van der Waals surface area contributed by atoms with Crippen LogP contribution in [0.1, 0.15) is 37.7 Å². The number of hydrogen-bond acceptors (Lipinski definition) is 4. The number of anilines is 2. The molecule has 2 N–H and O–H groups in total. The number of nitrogens with zero attached hydrogens (tertiary/aromatic N) is 2. The van der Waals surface area contributed by atoms with Crippen molar-refractivity contribution in [1.82, 2.24) is 10.2 Å². The number of rotatable bonds is 5. The van der Waals surface area contributed by atoms with Crippen molar-refractivity contribution in [2.75, 3.05) is 10.6 Å². The molecular formula is C18H21BrN4O. The number of amides is 1. The highest BCUT2D eigenvalue weighted by molar-refractivity contribution is 9.10. The molecule has 126 valence electrons. The molecule has 1 amide bonds. The van der Waals surface area contributed by atoms with Crippen molar-refractivity contribution in [3.8, 4) is 0 Å². The third-order valence-electron chi connectivity index (χ3n) is 4.17. The number of aromatic nitrogens is 2. The van der Waals surface area contributed by atoms with Crippen LogP contribution in [0, 0.1) is 0 Å². The van der Waals surface area contributed by atoms with Crippen LogP contribution in [0.4, 0.5) is 11.6 Å². The maximum atomic E-state index is 12.1. The summed E-state index contributed by atoms with van der Waals surface area (Å²) in [5.74, 6) is 1.15. The van der Waals surface area contributed by atoms with Gasteiger partial charge in [0.2, 0.25) is 5.91 Å².